The van der Waals surface area contributed by atoms with Crippen molar-refractivity contribution in [3.05, 3.63) is 68.6 Å². The molecule has 0 spiro atoms. The number of aryl methyl sites for hydroxylation is 1. The molecule has 4 unspecified atom stereocenters. The Kier molecular flexibility index (Phi) is 5.61. The Balaban J connectivity index is 1.22. The Morgan fingerprint density at radius 2 is 2.03 bits per heavy atom. The molecule has 4 N–H and O–H groups in total. The number of hydrogen-bond donors (Lipinski definition) is 3. The number of benzene rings is 2. The first-order chi connectivity index (χ1) is 18.0. The average molecular weight is 521 g/mol. The Bertz CT molecular complexity index is 1530. The minimum atomic E-state index is -1.09. The van der Waals surface area contributed by atoms with Gasteiger partial charge in [0.15, 0.2) is 11.0 Å². The molecule has 4 atom stereocenters. The summed E-state index contributed by atoms with van der Waals surface area (Å²) >= 11 is 0. The van der Waals surface area contributed by atoms with E-state index in [1.165, 1.54) is 11.6 Å². The van der Waals surface area contributed by atoms with Crippen molar-refractivity contribution in [1.29, 1.82) is 0 Å². The van der Waals surface area contributed by atoms with Crippen LogP contribution in [0.3, 0.4) is 0 Å². The summed E-state index contributed by atoms with van der Waals surface area (Å²) in [5, 5.41) is 14.3. The number of nitrogens with one attached hydrogen (secondary N) is 1. The molecule has 0 radical (unpaired) electrons. The van der Waals surface area contributed by atoms with E-state index in [9.17, 15) is 14.7 Å². The van der Waals surface area contributed by atoms with Gasteiger partial charge < -0.3 is 29.5 Å². The van der Waals surface area contributed by atoms with Crippen LogP contribution >= 0.6 is 0 Å². The van der Waals surface area contributed by atoms with Gasteiger partial charge in [0.1, 0.15) is 46.0 Å². The standard InChI is InChI=1S/C29H32N2O7/c1-14-10-19(32)24-21(35-14)13-20-18(25(24)33)12-22(28(2,3)37-20)36-27(34)29(4)23(38-29)11-15-6-5-7-17-16(15)8-9-31-26(17)30/h5-7,10,13,22-23,26,31,33H,8-9,11-12,30H2,1-4H3. The summed E-state index contributed by atoms with van der Waals surface area (Å²) in [7, 11) is 0. The molecule has 1 aromatic heterocycles. The van der Waals surface area contributed by atoms with Gasteiger partial charge in [-0.1, -0.05) is 18.2 Å². The Morgan fingerprint density at radius 3 is 2.82 bits per heavy atom. The van der Waals surface area contributed by atoms with Gasteiger partial charge in [-0.2, -0.15) is 0 Å². The second kappa shape index (κ2) is 8.56. The second-order valence-corrected chi connectivity index (χ2v) is 11.2. The van der Waals surface area contributed by atoms with Gasteiger partial charge in [0, 0.05) is 37.1 Å². The molecule has 0 amide bonds. The number of carbonyl (C=O) groups excluding carboxylic acids is 1. The predicted molar refractivity (Wildman–Crippen MR) is 139 cm³/mol. The minimum absolute atomic E-state index is 0.0846. The van der Waals surface area contributed by atoms with Crippen molar-refractivity contribution in [3.63, 3.8) is 0 Å². The largest absolute Gasteiger partial charge is 0.507 e. The van der Waals surface area contributed by atoms with E-state index < -0.39 is 23.3 Å². The first kappa shape index (κ1) is 24.9. The van der Waals surface area contributed by atoms with Gasteiger partial charge in [0.05, 0.1) is 6.17 Å². The molecule has 3 aromatic rings. The van der Waals surface area contributed by atoms with Gasteiger partial charge in [-0.05, 0) is 50.8 Å². The van der Waals surface area contributed by atoms with Crippen LogP contribution in [0.15, 0.2) is 39.5 Å². The number of rotatable bonds is 4. The van der Waals surface area contributed by atoms with E-state index in [2.05, 4.69) is 11.4 Å². The maximum absolute atomic E-state index is 13.4. The molecule has 0 bridgehead atoms. The summed E-state index contributed by atoms with van der Waals surface area (Å²) in [5.74, 6) is 0.142. The topological polar surface area (TPSA) is 137 Å². The van der Waals surface area contributed by atoms with Crippen molar-refractivity contribution in [3.8, 4) is 11.5 Å². The lowest BCUT2D eigenvalue weighted by atomic mass is 9.89. The Hall–Kier alpha value is -3.40. The highest BCUT2D eigenvalue weighted by Gasteiger charge is 2.61. The third kappa shape index (κ3) is 3.97. The van der Waals surface area contributed by atoms with Crippen LogP contribution in [0.25, 0.3) is 11.0 Å². The normalized spacial score (nSPS) is 27.2. The van der Waals surface area contributed by atoms with E-state index in [-0.39, 0.29) is 40.8 Å². The van der Waals surface area contributed by atoms with Crippen molar-refractivity contribution >= 4 is 16.9 Å². The molecule has 2 aromatic carbocycles. The van der Waals surface area contributed by atoms with Crippen LogP contribution in [0.2, 0.25) is 0 Å². The Morgan fingerprint density at radius 1 is 1.24 bits per heavy atom. The van der Waals surface area contributed by atoms with E-state index in [0.717, 1.165) is 24.1 Å². The summed E-state index contributed by atoms with van der Waals surface area (Å²) in [6.07, 6.45) is 0.403. The van der Waals surface area contributed by atoms with Gasteiger partial charge in [-0.25, -0.2) is 4.79 Å². The molecule has 3 aliphatic heterocycles. The lowest BCUT2D eigenvalue weighted by molar-refractivity contribution is -0.166. The van der Waals surface area contributed by atoms with Gasteiger partial charge in [-0.15, -0.1) is 0 Å². The van der Waals surface area contributed by atoms with Crippen molar-refractivity contribution < 1.29 is 28.5 Å². The SMILES string of the molecule is Cc1cc(=O)c2c(O)c3c(cc2o1)OC(C)(C)C(OC(=O)C1(C)OC1Cc1cccc2c1CCNC2N)C3. The lowest BCUT2D eigenvalue weighted by Gasteiger charge is -2.39. The molecular formula is C29H32N2O7. The van der Waals surface area contributed by atoms with E-state index in [1.54, 1.807) is 19.9 Å². The van der Waals surface area contributed by atoms with Gasteiger partial charge in [0.2, 0.25) is 0 Å². The maximum atomic E-state index is 13.4. The number of carbonyl (C=O) groups is 1. The Labute approximate surface area is 219 Å². The van der Waals surface area contributed by atoms with Crippen LogP contribution in [-0.2, 0) is 33.5 Å². The van der Waals surface area contributed by atoms with E-state index in [1.807, 2.05) is 26.0 Å². The first-order valence-corrected chi connectivity index (χ1v) is 12.9. The quantitative estimate of drug-likeness (QED) is 0.350. The summed E-state index contributed by atoms with van der Waals surface area (Å²) in [5.41, 5.74) is 7.97. The number of esters is 1. The van der Waals surface area contributed by atoms with E-state index >= 15 is 0 Å². The highest BCUT2D eigenvalue weighted by atomic mass is 16.7. The number of fused-ring (bicyclic) bond motifs is 3. The molecule has 0 saturated carbocycles. The minimum Gasteiger partial charge on any atom is -0.507 e. The van der Waals surface area contributed by atoms with Crippen LogP contribution in [0.1, 0.15) is 55.0 Å². The first-order valence-electron chi connectivity index (χ1n) is 12.9. The summed E-state index contributed by atoms with van der Waals surface area (Å²) in [6.45, 7) is 7.86. The second-order valence-electron chi connectivity index (χ2n) is 11.2. The number of hydrogen-bond acceptors (Lipinski definition) is 9. The fourth-order valence-corrected chi connectivity index (χ4v) is 5.72. The highest BCUT2D eigenvalue weighted by Crippen LogP contribution is 2.45. The van der Waals surface area contributed by atoms with E-state index in [4.69, 9.17) is 24.4 Å². The monoisotopic (exact) mass is 520 g/mol. The van der Waals surface area contributed by atoms with Crippen molar-refractivity contribution in [1.82, 2.24) is 5.32 Å². The van der Waals surface area contributed by atoms with Crippen molar-refractivity contribution in [2.75, 3.05) is 6.54 Å². The molecule has 200 valence electrons. The molecule has 4 heterocycles. The van der Waals surface area contributed by atoms with Gasteiger partial charge in [-0.3, -0.25) is 10.1 Å². The number of phenols is 1. The molecule has 38 heavy (non-hydrogen) atoms. The lowest BCUT2D eigenvalue weighted by Crippen LogP contribution is -2.50. The van der Waals surface area contributed by atoms with E-state index in [0.29, 0.717) is 23.5 Å². The van der Waals surface area contributed by atoms with Crippen LogP contribution < -0.4 is 21.2 Å². The number of ether oxygens (including phenoxy) is 3. The third-order valence-electron chi connectivity index (χ3n) is 8.11. The van der Waals surface area contributed by atoms with Gasteiger partial charge in [0.25, 0.3) is 0 Å². The fraction of sp³-hybridized carbons (Fsp3) is 0.448. The molecule has 1 saturated heterocycles. The zero-order valence-corrected chi connectivity index (χ0v) is 21.9. The molecule has 0 aliphatic carbocycles. The highest BCUT2D eigenvalue weighted by molar-refractivity contribution is 5.87. The van der Waals surface area contributed by atoms with Crippen molar-refractivity contribution in [2.24, 2.45) is 5.73 Å². The van der Waals surface area contributed by atoms with Crippen molar-refractivity contribution in [2.45, 2.75) is 76.5 Å². The van der Waals surface area contributed by atoms with Crippen LogP contribution in [0.5, 0.6) is 11.5 Å². The smallest absolute Gasteiger partial charge is 0.341 e. The van der Waals surface area contributed by atoms with Crippen LogP contribution in [0, 0.1) is 6.92 Å². The summed E-state index contributed by atoms with van der Waals surface area (Å²) in [6, 6.07) is 9.02. The molecule has 1 fully saturated rings. The molecule has 6 rings (SSSR count). The van der Waals surface area contributed by atoms with Crippen LogP contribution in [-0.4, -0.2) is 41.0 Å². The summed E-state index contributed by atoms with van der Waals surface area (Å²) in [4.78, 5) is 25.9. The average Bonchev–Trinajstić information content (AvgIpc) is 3.50. The number of aromatic hydroxyl groups is 1. The zero-order valence-electron chi connectivity index (χ0n) is 21.9. The molecular weight excluding hydrogens is 488 g/mol. The predicted octanol–water partition coefficient (Wildman–Crippen LogP) is 2.94. The number of nitrogens with two attached hydrogens (primary N) is 1. The number of phenolic OH excluding ortho intramolecular Hbond substituents is 1. The fourth-order valence-electron chi connectivity index (χ4n) is 5.72. The molecule has 9 heteroatoms. The molecule has 9 nitrogen and oxygen atoms in total. The molecule has 3 aliphatic rings. The zero-order chi connectivity index (χ0) is 27.0. The van der Waals surface area contributed by atoms with Crippen LogP contribution in [0.4, 0.5) is 0 Å². The summed E-state index contributed by atoms with van der Waals surface area (Å²) < 4.78 is 23.7. The number of epoxide rings is 1. The van der Waals surface area contributed by atoms with Gasteiger partial charge >= 0.3 is 5.97 Å². The maximum Gasteiger partial charge on any atom is 0.341 e. The third-order valence-corrected chi connectivity index (χ3v) is 8.11.